The average molecular weight is 808 g/mol. The van der Waals surface area contributed by atoms with Crippen molar-refractivity contribution in [3.63, 3.8) is 0 Å². The highest BCUT2D eigenvalue weighted by atomic mass is 16.7. The van der Waals surface area contributed by atoms with Crippen LogP contribution in [-0.2, 0) is 22.7 Å². The number of amides is 2. The largest absolute Gasteiger partial charge is 0.490 e. The number of fused-ring (bicyclic) bond motifs is 3. The number of allylic oxidation sites excluding steroid dienone is 1. The third-order valence-electron chi connectivity index (χ3n) is 11.9. The highest BCUT2D eigenvalue weighted by Gasteiger charge is 2.65. The molecule has 2 heterocycles. The van der Waals surface area contributed by atoms with E-state index in [0.29, 0.717) is 42.4 Å². The number of oxime groups is 1. The van der Waals surface area contributed by atoms with Gasteiger partial charge in [0.15, 0.2) is 11.5 Å². The number of likely N-dealkylation sites (N-methyl/N-ethyl adjacent to an activating group) is 1. The first kappa shape index (κ1) is 41.8. The molecular formula is C47H57N3O9. The van der Waals surface area contributed by atoms with Gasteiger partial charge in [0.1, 0.15) is 30.8 Å². The van der Waals surface area contributed by atoms with Crippen LogP contribution in [0.5, 0.6) is 23.0 Å². The van der Waals surface area contributed by atoms with Crippen molar-refractivity contribution in [2.24, 2.45) is 22.9 Å². The Morgan fingerprint density at radius 3 is 2.47 bits per heavy atom. The van der Waals surface area contributed by atoms with Crippen molar-refractivity contribution < 1.29 is 43.5 Å². The van der Waals surface area contributed by atoms with Crippen LogP contribution in [0.15, 0.2) is 109 Å². The number of urea groups is 1. The number of rotatable bonds is 20. The minimum Gasteiger partial charge on any atom is -0.490 e. The molecule has 3 aromatic rings. The maximum absolute atomic E-state index is 14.4. The summed E-state index contributed by atoms with van der Waals surface area (Å²) < 4.78 is 31.4. The highest BCUT2D eigenvalue weighted by molar-refractivity contribution is 6.03. The van der Waals surface area contributed by atoms with Crippen LogP contribution in [0.1, 0.15) is 67.6 Å². The van der Waals surface area contributed by atoms with Crippen LogP contribution in [0, 0.1) is 17.8 Å². The van der Waals surface area contributed by atoms with Gasteiger partial charge in [-0.1, -0.05) is 79.2 Å². The van der Waals surface area contributed by atoms with Crippen molar-refractivity contribution in [1.82, 2.24) is 10.2 Å². The number of hydrogen-bond donors (Lipinski definition) is 3. The van der Waals surface area contributed by atoms with Crippen molar-refractivity contribution >= 4 is 11.7 Å². The van der Waals surface area contributed by atoms with Gasteiger partial charge in [-0.3, -0.25) is 0 Å². The minimum absolute atomic E-state index is 0.0911. The molecule has 12 heteroatoms. The van der Waals surface area contributed by atoms with Gasteiger partial charge >= 0.3 is 6.03 Å². The van der Waals surface area contributed by atoms with Gasteiger partial charge in [-0.2, -0.15) is 0 Å². The summed E-state index contributed by atoms with van der Waals surface area (Å²) in [6.45, 7) is 9.29. The van der Waals surface area contributed by atoms with Crippen LogP contribution < -0.4 is 24.3 Å². The summed E-state index contributed by atoms with van der Waals surface area (Å²) in [6.07, 6.45) is 10.8. The van der Waals surface area contributed by atoms with Crippen molar-refractivity contribution in [2.45, 2.75) is 75.8 Å². The summed E-state index contributed by atoms with van der Waals surface area (Å²) in [5, 5.41) is 27.7. The predicted molar refractivity (Wildman–Crippen MR) is 224 cm³/mol. The number of carbonyl (C=O) groups is 1. The summed E-state index contributed by atoms with van der Waals surface area (Å²) in [7, 11) is 1.77. The number of ether oxygens (including phenoxy) is 5. The number of carbonyl (C=O) groups excluding carboxylic acids is 1. The zero-order chi connectivity index (χ0) is 41.2. The van der Waals surface area contributed by atoms with E-state index in [1.807, 2.05) is 60.7 Å². The normalized spacial score (nSPS) is 24.2. The molecule has 3 aromatic carbocycles. The number of aliphatic hydroxyl groups excluding tert-OH is 2. The summed E-state index contributed by atoms with van der Waals surface area (Å²) >= 11 is 0. The Balaban J connectivity index is 1.34. The van der Waals surface area contributed by atoms with Gasteiger partial charge in [-0.05, 0) is 84.6 Å². The maximum atomic E-state index is 14.4. The summed E-state index contributed by atoms with van der Waals surface area (Å²) in [5.41, 5.74) is 4.52. The van der Waals surface area contributed by atoms with E-state index < -0.39 is 17.7 Å². The molecule has 0 bridgehead atoms. The molecule has 4 aliphatic rings. The maximum Gasteiger partial charge on any atom is 0.317 e. The average Bonchev–Trinajstić information content (AvgIpc) is 3.74. The van der Waals surface area contributed by atoms with Gasteiger partial charge in [-0.15, -0.1) is 6.58 Å². The van der Waals surface area contributed by atoms with E-state index in [0.717, 1.165) is 53.7 Å². The zero-order valence-corrected chi connectivity index (χ0v) is 33.9. The number of benzene rings is 3. The lowest BCUT2D eigenvalue weighted by atomic mass is 9.55. The second-order valence-electron chi connectivity index (χ2n) is 15.6. The van der Waals surface area contributed by atoms with E-state index >= 15 is 0 Å². The minimum atomic E-state index is -1.37. The molecule has 0 aromatic heterocycles. The van der Waals surface area contributed by atoms with E-state index in [1.165, 1.54) is 0 Å². The Morgan fingerprint density at radius 1 is 0.932 bits per heavy atom. The summed E-state index contributed by atoms with van der Waals surface area (Å²) in [6, 6.07) is 20.4. The van der Waals surface area contributed by atoms with Gasteiger partial charge < -0.3 is 49.0 Å². The molecule has 0 saturated heterocycles. The second kappa shape index (κ2) is 19.6. The Labute approximate surface area is 347 Å². The van der Waals surface area contributed by atoms with E-state index in [2.05, 4.69) is 30.6 Å². The lowest BCUT2D eigenvalue weighted by molar-refractivity contribution is -0.252. The monoisotopic (exact) mass is 807 g/mol. The van der Waals surface area contributed by atoms with Gasteiger partial charge in [0, 0.05) is 44.7 Å². The number of unbranched alkanes of at least 4 members (excludes halogenated alkanes) is 2. The number of aliphatic hydroxyl groups is 2. The molecule has 7 rings (SSSR count). The quantitative estimate of drug-likeness (QED) is 0.0597. The lowest BCUT2D eigenvalue weighted by Gasteiger charge is -2.59. The van der Waals surface area contributed by atoms with E-state index in [1.54, 1.807) is 24.1 Å². The van der Waals surface area contributed by atoms with Gasteiger partial charge in [0.25, 0.3) is 0 Å². The van der Waals surface area contributed by atoms with Crippen LogP contribution in [0.2, 0.25) is 0 Å². The number of nitrogens with one attached hydrogen (secondary N) is 1. The van der Waals surface area contributed by atoms with Crippen LogP contribution in [0.25, 0.3) is 0 Å². The Morgan fingerprint density at radius 2 is 1.69 bits per heavy atom. The third kappa shape index (κ3) is 9.15. The van der Waals surface area contributed by atoms with Gasteiger partial charge in [0.2, 0.25) is 12.6 Å². The molecule has 2 amide bonds. The molecule has 1 fully saturated rings. The molecule has 3 N–H and O–H groups in total. The Bertz CT molecular complexity index is 1990. The number of hydrogen-bond acceptors (Lipinski definition) is 10. The Hall–Kier alpha value is -5.30. The lowest BCUT2D eigenvalue weighted by Crippen LogP contribution is -2.70. The van der Waals surface area contributed by atoms with Crippen LogP contribution >= 0.6 is 0 Å². The van der Waals surface area contributed by atoms with E-state index in [9.17, 15) is 15.0 Å². The fraction of sp³-hybridized carbons (Fsp3) is 0.447. The number of nitrogens with zero attached hydrogens (tertiary/aromatic N) is 2. The smallest absolute Gasteiger partial charge is 0.317 e. The van der Waals surface area contributed by atoms with Gasteiger partial charge in [0.05, 0.1) is 18.2 Å². The first-order chi connectivity index (χ1) is 28.9. The Kier molecular flexibility index (Phi) is 13.9. The fourth-order valence-corrected chi connectivity index (χ4v) is 9.23. The van der Waals surface area contributed by atoms with Crippen LogP contribution in [0.3, 0.4) is 0 Å². The molecule has 314 valence electrons. The van der Waals surface area contributed by atoms with E-state index in [-0.39, 0.29) is 70.0 Å². The SMILES string of the molecule is C=CCOc1ccc2c(c1)C1C(CCCCO)C(CCCCO)C=C3C(=NOCc4ccccc4)CC(N(C)C(=O)NCc4ccc5c(c4)OCO5)C(OCC=C)(O2)C31. The predicted octanol–water partition coefficient (Wildman–Crippen LogP) is 7.66. The first-order valence-corrected chi connectivity index (χ1v) is 20.8. The van der Waals surface area contributed by atoms with Crippen molar-refractivity contribution in [3.05, 3.63) is 120 Å². The molecular weight excluding hydrogens is 751 g/mol. The standard InChI is InChI=1S/C47H57N3O9/c1-4-23-54-35-18-20-40-38(27-35)44-36(16-10-12-22-52)34(15-9-11-21-51)26-37-39(49-58-30-32-13-7-6-8-14-32)28-43(47(59-40,45(37)44)57-24-5-2)50(3)46(53)48-29-33-17-19-41-42(25-33)56-31-55-41/h4-8,13-14,17-20,25-27,34,36,43-45,51-52H,1-2,9-12,15-16,21-24,28-31H2,3H3,(H,48,53). The van der Waals surface area contributed by atoms with Gasteiger partial charge in [-0.25, -0.2) is 4.79 Å². The topological polar surface area (TPSA) is 141 Å². The molecule has 0 radical (unpaired) electrons. The van der Waals surface area contributed by atoms with Crippen molar-refractivity contribution in [1.29, 1.82) is 0 Å². The van der Waals surface area contributed by atoms with E-state index in [4.69, 9.17) is 33.7 Å². The first-order valence-electron chi connectivity index (χ1n) is 20.8. The molecule has 2 aliphatic carbocycles. The zero-order valence-electron chi connectivity index (χ0n) is 33.9. The summed E-state index contributed by atoms with van der Waals surface area (Å²) in [5.74, 6) is 0.904. The molecule has 12 nitrogen and oxygen atoms in total. The third-order valence-corrected chi connectivity index (χ3v) is 11.9. The molecule has 2 aliphatic heterocycles. The fourth-order valence-electron chi connectivity index (χ4n) is 9.23. The van der Waals surface area contributed by atoms with Crippen molar-refractivity contribution in [2.75, 3.05) is 40.3 Å². The molecule has 0 spiro atoms. The molecule has 1 saturated carbocycles. The second-order valence-corrected chi connectivity index (χ2v) is 15.6. The van der Waals surface area contributed by atoms with Crippen LogP contribution in [-0.4, -0.2) is 79.0 Å². The van der Waals surface area contributed by atoms with Crippen molar-refractivity contribution in [3.8, 4) is 23.0 Å². The summed E-state index contributed by atoms with van der Waals surface area (Å²) in [4.78, 5) is 22.2. The highest BCUT2D eigenvalue weighted by Crippen LogP contribution is 2.61. The molecule has 6 atom stereocenters. The molecule has 6 unspecified atom stereocenters. The van der Waals surface area contributed by atoms with Crippen LogP contribution in [0.4, 0.5) is 4.79 Å². The molecule has 59 heavy (non-hydrogen) atoms.